The molecule has 0 N–H and O–H groups in total. The third kappa shape index (κ3) is 2.85. The predicted molar refractivity (Wildman–Crippen MR) is 65.0 cm³/mol. The van der Waals surface area contributed by atoms with Crippen LogP contribution in [0.3, 0.4) is 0 Å². The summed E-state index contributed by atoms with van der Waals surface area (Å²) in [6.07, 6.45) is 0. The van der Waals surface area contributed by atoms with Crippen molar-refractivity contribution in [2.45, 2.75) is 16.7 Å². The standard InChI is InChI=1S/C10H15NO4S2/c1-4-16(12,13)9-5-7-10(8-6-9)17(14,15)11(2)3/h5-8H,4H2,1-3H3. The van der Waals surface area contributed by atoms with Crippen LogP contribution in [0.2, 0.25) is 0 Å². The van der Waals surface area contributed by atoms with Gasteiger partial charge in [-0.05, 0) is 24.3 Å². The van der Waals surface area contributed by atoms with E-state index in [0.717, 1.165) is 4.31 Å². The Balaban J connectivity index is 3.23. The van der Waals surface area contributed by atoms with Gasteiger partial charge in [0.15, 0.2) is 9.84 Å². The number of hydrogen-bond donors (Lipinski definition) is 0. The summed E-state index contributed by atoms with van der Waals surface area (Å²) in [5.41, 5.74) is 0. The van der Waals surface area contributed by atoms with Gasteiger partial charge in [-0.3, -0.25) is 0 Å². The highest BCUT2D eigenvalue weighted by atomic mass is 32.2. The topological polar surface area (TPSA) is 71.5 Å². The first-order valence-corrected chi connectivity index (χ1v) is 8.06. The van der Waals surface area contributed by atoms with Crippen LogP contribution in [0.5, 0.6) is 0 Å². The molecule has 7 heteroatoms. The molecule has 17 heavy (non-hydrogen) atoms. The maximum Gasteiger partial charge on any atom is 0.242 e. The monoisotopic (exact) mass is 277 g/mol. The van der Waals surface area contributed by atoms with Gasteiger partial charge in [0, 0.05) is 14.1 Å². The van der Waals surface area contributed by atoms with Crippen LogP contribution in [0.1, 0.15) is 6.92 Å². The Morgan fingerprint density at radius 2 is 1.35 bits per heavy atom. The van der Waals surface area contributed by atoms with E-state index in [2.05, 4.69) is 0 Å². The van der Waals surface area contributed by atoms with Crippen LogP contribution >= 0.6 is 0 Å². The molecule has 0 saturated heterocycles. The van der Waals surface area contributed by atoms with Gasteiger partial charge in [0.2, 0.25) is 10.0 Å². The van der Waals surface area contributed by atoms with Crippen molar-refractivity contribution in [3.05, 3.63) is 24.3 Å². The Bertz CT molecular complexity index is 586. The highest BCUT2D eigenvalue weighted by Crippen LogP contribution is 2.17. The van der Waals surface area contributed by atoms with Gasteiger partial charge in [0.25, 0.3) is 0 Å². The number of sulfonamides is 1. The third-order valence-corrected chi connectivity index (χ3v) is 5.92. The summed E-state index contributed by atoms with van der Waals surface area (Å²) < 4.78 is 47.6. The van der Waals surface area contributed by atoms with E-state index in [1.807, 2.05) is 0 Å². The number of hydrogen-bond acceptors (Lipinski definition) is 4. The van der Waals surface area contributed by atoms with Gasteiger partial charge in [-0.1, -0.05) is 6.92 Å². The van der Waals surface area contributed by atoms with Gasteiger partial charge >= 0.3 is 0 Å². The number of nitrogens with zero attached hydrogens (tertiary/aromatic N) is 1. The Kier molecular flexibility index (Phi) is 3.95. The van der Waals surface area contributed by atoms with Gasteiger partial charge in [0.1, 0.15) is 0 Å². The summed E-state index contributed by atoms with van der Waals surface area (Å²) in [7, 11) is -3.95. The van der Waals surface area contributed by atoms with E-state index >= 15 is 0 Å². The second-order valence-electron chi connectivity index (χ2n) is 3.66. The molecule has 0 aliphatic carbocycles. The van der Waals surface area contributed by atoms with E-state index in [1.54, 1.807) is 6.92 Å². The van der Waals surface area contributed by atoms with Crippen LogP contribution in [0.4, 0.5) is 0 Å². The molecule has 0 atom stereocenters. The fourth-order valence-electron chi connectivity index (χ4n) is 1.20. The van der Waals surface area contributed by atoms with Crippen LogP contribution in [0.25, 0.3) is 0 Å². The Morgan fingerprint density at radius 1 is 0.941 bits per heavy atom. The van der Waals surface area contributed by atoms with Crippen molar-refractivity contribution >= 4 is 19.9 Å². The first kappa shape index (κ1) is 14.1. The summed E-state index contributed by atoms with van der Waals surface area (Å²) in [6.45, 7) is 1.54. The largest absolute Gasteiger partial charge is 0.242 e. The first-order chi connectivity index (χ1) is 7.71. The molecule has 0 amide bonds. The molecular formula is C10H15NO4S2. The molecule has 0 spiro atoms. The quantitative estimate of drug-likeness (QED) is 0.813. The van der Waals surface area contributed by atoms with Crippen molar-refractivity contribution in [3.8, 4) is 0 Å². The fourth-order valence-corrected chi connectivity index (χ4v) is 2.98. The van der Waals surface area contributed by atoms with Gasteiger partial charge < -0.3 is 0 Å². The molecule has 0 heterocycles. The van der Waals surface area contributed by atoms with E-state index in [4.69, 9.17) is 0 Å². The van der Waals surface area contributed by atoms with Gasteiger partial charge in [-0.2, -0.15) is 0 Å². The van der Waals surface area contributed by atoms with E-state index in [0.29, 0.717) is 0 Å². The van der Waals surface area contributed by atoms with Crippen molar-refractivity contribution < 1.29 is 16.8 Å². The van der Waals surface area contributed by atoms with Crippen molar-refractivity contribution in [2.75, 3.05) is 19.8 Å². The molecule has 0 saturated carbocycles. The van der Waals surface area contributed by atoms with Crippen molar-refractivity contribution in [3.63, 3.8) is 0 Å². The average molecular weight is 277 g/mol. The zero-order valence-electron chi connectivity index (χ0n) is 9.91. The smallest absolute Gasteiger partial charge is 0.224 e. The maximum atomic E-state index is 11.7. The van der Waals surface area contributed by atoms with Gasteiger partial charge in [0.05, 0.1) is 15.5 Å². The SMILES string of the molecule is CCS(=O)(=O)c1ccc(S(=O)(=O)N(C)C)cc1. The van der Waals surface area contributed by atoms with Crippen molar-refractivity contribution in [1.82, 2.24) is 4.31 Å². The second kappa shape index (κ2) is 4.75. The minimum Gasteiger partial charge on any atom is -0.224 e. The maximum absolute atomic E-state index is 11.7. The van der Waals surface area contributed by atoms with Crippen molar-refractivity contribution in [1.29, 1.82) is 0 Å². The molecular weight excluding hydrogens is 262 g/mol. The Labute approximate surface area is 102 Å². The number of sulfone groups is 1. The molecule has 1 aromatic carbocycles. The molecule has 96 valence electrons. The summed E-state index contributed by atoms with van der Waals surface area (Å²) in [5.74, 6) is -0.00717. The summed E-state index contributed by atoms with van der Waals surface area (Å²) in [5, 5.41) is 0. The lowest BCUT2D eigenvalue weighted by atomic mass is 10.4. The predicted octanol–water partition coefficient (Wildman–Crippen LogP) is 0.730. The normalized spacial score (nSPS) is 12.9. The van der Waals surface area contributed by atoms with Crippen LogP contribution in [-0.2, 0) is 19.9 Å². The highest BCUT2D eigenvalue weighted by molar-refractivity contribution is 7.91. The first-order valence-electron chi connectivity index (χ1n) is 4.97. The van der Waals surface area contributed by atoms with E-state index in [-0.39, 0.29) is 15.5 Å². The summed E-state index contributed by atoms with van der Waals surface area (Å²) in [6, 6.07) is 5.24. The molecule has 0 fully saturated rings. The van der Waals surface area contributed by atoms with E-state index in [1.165, 1.54) is 38.4 Å². The lowest BCUT2D eigenvalue weighted by Gasteiger charge is -2.11. The fraction of sp³-hybridized carbons (Fsp3) is 0.400. The molecule has 1 rings (SSSR count). The lowest BCUT2D eigenvalue weighted by Crippen LogP contribution is -2.22. The molecule has 0 radical (unpaired) electrons. The third-order valence-electron chi connectivity index (χ3n) is 2.34. The molecule has 0 unspecified atom stereocenters. The Hall–Kier alpha value is -0.920. The summed E-state index contributed by atoms with van der Waals surface area (Å²) in [4.78, 5) is 0.218. The van der Waals surface area contributed by atoms with Crippen LogP contribution in [0, 0.1) is 0 Å². The lowest BCUT2D eigenvalue weighted by molar-refractivity contribution is 0.520. The van der Waals surface area contributed by atoms with Gasteiger partial charge in [-0.25, -0.2) is 21.1 Å². The zero-order valence-corrected chi connectivity index (χ0v) is 11.5. The average Bonchev–Trinajstić information content (AvgIpc) is 2.29. The summed E-state index contributed by atoms with van der Waals surface area (Å²) >= 11 is 0. The molecule has 0 aliphatic heterocycles. The minimum atomic E-state index is -3.51. The van der Waals surface area contributed by atoms with E-state index in [9.17, 15) is 16.8 Å². The van der Waals surface area contributed by atoms with Gasteiger partial charge in [-0.15, -0.1) is 0 Å². The van der Waals surface area contributed by atoms with E-state index < -0.39 is 19.9 Å². The molecule has 0 aliphatic rings. The molecule has 0 aromatic heterocycles. The van der Waals surface area contributed by atoms with Crippen LogP contribution in [-0.4, -0.2) is 41.0 Å². The van der Waals surface area contributed by atoms with Crippen LogP contribution < -0.4 is 0 Å². The second-order valence-corrected chi connectivity index (χ2v) is 8.09. The number of benzene rings is 1. The zero-order chi connectivity index (χ0) is 13.3. The molecule has 0 bridgehead atoms. The number of rotatable bonds is 4. The molecule has 1 aromatic rings. The molecule has 5 nitrogen and oxygen atoms in total. The highest BCUT2D eigenvalue weighted by Gasteiger charge is 2.18. The minimum absolute atomic E-state index is 0.00717. The Morgan fingerprint density at radius 3 is 1.71 bits per heavy atom. The van der Waals surface area contributed by atoms with Crippen molar-refractivity contribution in [2.24, 2.45) is 0 Å². The van der Waals surface area contributed by atoms with Crippen LogP contribution in [0.15, 0.2) is 34.1 Å².